The zero-order chi connectivity index (χ0) is 13.3. The lowest BCUT2D eigenvalue weighted by molar-refractivity contribution is -0.136. The molecule has 0 aliphatic carbocycles. The molecule has 0 spiro atoms. The third-order valence-electron chi connectivity index (χ3n) is 2.24. The summed E-state index contributed by atoms with van der Waals surface area (Å²) in [6, 6.07) is 0. The maximum absolute atomic E-state index is 12.0. The lowest BCUT2D eigenvalue weighted by atomic mass is 10.2. The minimum absolute atomic E-state index is 0.0447. The molecule has 17 heavy (non-hydrogen) atoms. The number of halogens is 3. The van der Waals surface area contributed by atoms with Gasteiger partial charge in [-0.3, -0.25) is 5.41 Å². The Hall–Kier alpha value is -0.820. The second-order valence-electron chi connectivity index (χ2n) is 3.83. The highest BCUT2D eigenvalue weighted by molar-refractivity contribution is 5.76. The number of nitrogens with zero attached hydrogens (tertiary/aromatic N) is 1. The van der Waals surface area contributed by atoms with Crippen molar-refractivity contribution >= 4 is 5.84 Å². The number of amidine groups is 1. The molecule has 0 rings (SSSR count). The maximum atomic E-state index is 12.0. The Balaban J connectivity index is 3.88. The Labute approximate surface area is 99.4 Å². The van der Waals surface area contributed by atoms with Crippen molar-refractivity contribution in [3.05, 3.63) is 0 Å². The van der Waals surface area contributed by atoms with Gasteiger partial charge in [-0.15, -0.1) is 0 Å². The molecule has 0 aliphatic heterocycles. The fourth-order valence-electron chi connectivity index (χ4n) is 1.34. The molecule has 102 valence electrons. The highest BCUT2D eigenvalue weighted by atomic mass is 19.4. The zero-order valence-electron chi connectivity index (χ0n) is 10.0. The van der Waals surface area contributed by atoms with E-state index in [2.05, 4.69) is 0 Å². The fourth-order valence-corrected chi connectivity index (χ4v) is 1.34. The summed E-state index contributed by atoms with van der Waals surface area (Å²) in [5.74, 6) is 0.0447. The van der Waals surface area contributed by atoms with E-state index in [-0.39, 0.29) is 12.3 Å². The van der Waals surface area contributed by atoms with Crippen LogP contribution < -0.4 is 5.73 Å². The Morgan fingerprint density at radius 1 is 1.29 bits per heavy atom. The number of hydrogen-bond donors (Lipinski definition) is 2. The summed E-state index contributed by atoms with van der Waals surface area (Å²) >= 11 is 0. The molecule has 0 amide bonds. The number of nitrogens with two attached hydrogens (primary N) is 1. The van der Waals surface area contributed by atoms with E-state index in [1.807, 2.05) is 4.90 Å². The molecule has 0 aromatic rings. The SMILES string of the molecule is COCCN(CCCC(F)(F)F)CCC(=N)N. The molecule has 0 aromatic carbocycles. The lowest BCUT2D eigenvalue weighted by Crippen LogP contribution is -2.32. The van der Waals surface area contributed by atoms with E-state index in [9.17, 15) is 13.2 Å². The molecule has 0 unspecified atom stereocenters. The summed E-state index contributed by atoms with van der Waals surface area (Å²) in [6.45, 7) is 1.86. The van der Waals surface area contributed by atoms with Crippen LogP contribution in [0.5, 0.6) is 0 Å². The Morgan fingerprint density at radius 3 is 2.41 bits per heavy atom. The van der Waals surface area contributed by atoms with E-state index in [0.717, 1.165) is 0 Å². The summed E-state index contributed by atoms with van der Waals surface area (Å²) in [4.78, 5) is 1.83. The van der Waals surface area contributed by atoms with Crippen molar-refractivity contribution in [1.29, 1.82) is 5.41 Å². The van der Waals surface area contributed by atoms with Crippen molar-refractivity contribution in [3.8, 4) is 0 Å². The average Bonchev–Trinajstić information content (AvgIpc) is 2.19. The van der Waals surface area contributed by atoms with E-state index in [1.54, 1.807) is 7.11 Å². The monoisotopic (exact) mass is 255 g/mol. The van der Waals surface area contributed by atoms with E-state index < -0.39 is 12.6 Å². The molecule has 7 heteroatoms. The van der Waals surface area contributed by atoms with Gasteiger partial charge in [-0.1, -0.05) is 0 Å². The average molecular weight is 255 g/mol. The first-order valence-electron chi connectivity index (χ1n) is 5.46. The first-order valence-corrected chi connectivity index (χ1v) is 5.46. The molecule has 0 heterocycles. The highest BCUT2D eigenvalue weighted by Crippen LogP contribution is 2.21. The van der Waals surface area contributed by atoms with Crippen LogP contribution in [-0.2, 0) is 4.74 Å². The van der Waals surface area contributed by atoms with Crippen molar-refractivity contribution in [2.24, 2.45) is 5.73 Å². The number of ether oxygens (including phenoxy) is 1. The van der Waals surface area contributed by atoms with E-state index in [1.165, 1.54) is 0 Å². The number of nitrogens with one attached hydrogen (secondary N) is 1. The summed E-state index contributed by atoms with van der Waals surface area (Å²) in [7, 11) is 1.54. The normalized spacial score (nSPS) is 12.1. The Bertz CT molecular complexity index is 221. The predicted molar refractivity (Wildman–Crippen MR) is 60.1 cm³/mol. The first kappa shape index (κ1) is 16.2. The first-order chi connectivity index (χ1) is 7.85. The van der Waals surface area contributed by atoms with Gasteiger partial charge in [0.15, 0.2) is 0 Å². The number of methoxy groups -OCH3 is 1. The second-order valence-corrected chi connectivity index (χ2v) is 3.83. The van der Waals surface area contributed by atoms with Gasteiger partial charge >= 0.3 is 6.18 Å². The summed E-state index contributed by atoms with van der Waals surface area (Å²) in [5, 5.41) is 7.08. The molecular weight excluding hydrogens is 235 g/mol. The molecule has 0 atom stereocenters. The molecule has 3 N–H and O–H groups in total. The smallest absolute Gasteiger partial charge is 0.388 e. The quantitative estimate of drug-likeness (QED) is 0.486. The zero-order valence-corrected chi connectivity index (χ0v) is 10.0. The van der Waals surface area contributed by atoms with Gasteiger partial charge in [-0.05, 0) is 13.0 Å². The third kappa shape index (κ3) is 11.4. The molecule has 0 saturated heterocycles. The standard InChI is InChI=1S/C10H20F3N3O/c1-17-8-7-16(6-3-9(14)15)5-2-4-10(11,12)13/h2-8H2,1H3,(H3,14,15). The largest absolute Gasteiger partial charge is 0.389 e. The minimum atomic E-state index is -4.10. The third-order valence-corrected chi connectivity index (χ3v) is 2.24. The van der Waals surface area contributed by atoms with E-state index >= 15 is 0 Å². The fraction of sp³-hybridized carbons (Fsp3) is 0.900. The summed E-state index contributed by atoms with van der Waals surface area (Å²) in [6.07, 6.45) is -4.45. The molecular formula is C10H20F3N3O. The van der Waals surface area contributed by atoms with Crippen LogP contribution in [0.2, 0.25) is 0 Å². The van der Waals surface area contributed by atoms with Crippen molar-refractivity contribution in [3.63, 3.8) is 0 Å². The topological polar surface area (TPSA) is 62.3 Å². The summed E-state index contributed by atoms with van der Waals surface area (Å²) < 4.78 is 40.8. The van der Waals surface area contributed by atoms with Crippen molar-refractivity contribution < 1.29 is 17.9 Å². The molecule has 0 aromatic heterocycles. The van der Waals surface area contributed by atoms with Gasteiger partial charge < -0.3 is 15.4 Å². The minimum Gasteiger partial charge on any atom is -0.388 e. The predicted octanol–water partition coefficient (Wildman–Crippen LogP) is 1.60. The van der Waals surface area contributed by atoms with Gasteiger partial charge in [0.05, 0.1) is 12.4 Å². The van der Waals surface area contributed by atoms with Gasteiger partial charge in [0, 0.05) is 33.0 Å². The molecule has 0 fully saturated rings. The Morgan fingerprint density at radius 2 is 1.94 bits per heavy atom. The van der Waals surface area contributed by atoms with Gasteiger partial charge in [0.2, 0.25) is 0 Å². The van der Waals surface area contributed by atoms with Crippen molar-refractivity contribution in [1.82, 2.24) is 4.90 Å². The molecule has 4 nitrogen and oxygen atoms in total. The van der Waals surface area contributed by atoms with Crippen LogP contribution in [0.25, 0.3) is 0 Å². The van der Waals surface area contributed by atoms with Crippen LogP contribution in [-0.4, -0.2) is 50.3 Å². The van der Waals surface area contributed by atoms with Crippen LogP contribution in [0.3, 0.4) is 0 Å². The number of hydrogen-bond acceptors (Lipinski definition) is 3. The van der Waals surface area contributed by atoms with Crippen LogP contribution in [0.15, 0.2) is 0 Å². The van der Waals surface area contributed by atoms with Gasteiger partial charge in [0.1, 0.15) is 0 Å². The van der Waals surface area contributed by atoms with E-state index in [4.69, 9.17) is 15.9 Å². The van der Waals surface area contributed by atoms with Crippen LogP contribution in [0, 0.1) is 5.41 Å². The van der Waals surface area contributed by atoms with Crippen molar-refractivity contribution in [2.75, 3.05) is 33.4 Å². The van der Waals surface area contributed by atoms with Gasteiger partial charge in [0.25, 0.3) is 0 Å². The highest BCUT2D eigenvalue weighted by Gasteiger charge is 2.26. The summed E-state index contributed by atoms with van der Waals surface area (Å²) in [5.41, 5.74) is 5.21. The van der Waals surface area contributed by atoms with Crippen LogP contribution >= 0.6 is 0 Å². The van der Waals surface area contributed by atoms with Crippen molar-refractivity contribution in [2.45, 2.75) is 25.4 Å². The van der Waals surface area contributed by atoms with Gasteiger partial charge in [-0.25, -0.2) is 0 Å². The Kier molecular flexibility index (Phi) is 7.90. The molecule has 0 radical (unpaired) electrons. The van der Waals surface area contributed by atoms with Crippen LogP contribution in [0.1, 0.15) is 19.3 Å². The maximum Gasteiger partial charge on any atom is 0.389 e. The van der Waals surface area contributed by atoms with Gasteiger partial charge in [-0.2, -0.15) is 13.2 Å². The molecule has 0 saturated carbocycles. The molecule has 0 bridgehead atoms. The van der Waals surface area contributed by atoms with E-state index in [0.29, 0.717) is 32.7 Å². The van der Waals surface area contributed by atoms with Crippen LogP contribution in [0.4, 0.5) is 13.2 Å². The molecule has 0 aliphatic rings. The lowest BCUT2D eigenvalue weighted by Gasteiger charge is -2.21. The number of alkyl halides is 3. The number of rotatable bonds is 9. The second kappa shape index (κ2) is 8.30.